The van der Waals surface area contributed by atoms with E-state index < -0.39 is 0 Å². The van der Waals surface area contributed by atoms with E-state index in [4.69, 9.17) is 28.6 Å². The largest absolute Gasteiger partial charge is 0.489 e. The highest BCUT2D eigenvalue weighted by Gasteiger charge is 2.13. The van der Waals surface area contributed by atoms with Gasteiger partial charge in [0.2, 0.25) is 0 Å². The molecule has 94 valence electrons. The van der Waals surface area contributed by atoms with Gasteiger partial charge in [-0.2, -0.15) is 0 Å². The number of halogens is 1. The van der Waals surface area contributed by atoms with E-state index in [1.165, 1.54) is 5.56 Å². The van der Waals surface area contributed by atoms with Gasteiger partial charge in [-0.1, -0.05) is 37.1 Å². The molecule has 0 radical (unpaired) electrons. The molecule has 0 amide bonds. The summed E-state index contributed by atoms with van der Waals surface area (Å²) in [6, 6.07) is 7.93. The Morgan fingerprint density at radius 2 is 2.06 bits per heavy atom. The van der Waals surface area contributed by atoms with Gasteiger partial charge >= 0.3 is 0 Å². The average molecular weight is 272 g/mol. The highest BCUT2D eigenvalue weighted by atomic mass is 35.5. The maximum atomic E-state index is 5.84. The first-order chi connectivity index (χ1) is 8.17. The van der Waals surface area contributed by atoms with Crippen LogP contribution in [0.4, 0.5) is 0 Å². The molecule has 0 fully saturated rings. The lowest BCUT2D eigenvalue weighted by Gasteiger charge is -2.18. The number of hydrogen-bond donors (Lipinski definition) is 1. The van der Waals surface area contributed by atoms with Crippen molar-refractivity contribution in [3.8, 4) is 0 Å². The second-order valence-electron chi connectivity index (χ2n) is 3.87. The molecule has 0 saturated heterocycles. The Labute approximate surface area is 113 Å². The fourth-order valence-corrected chi connectivity index (χ4v) is 1.90. The van der Waals surface area contributed by atoms with Gasteiger partial charge in [-0.15, -0.1) is 0 Å². The summed E-state index contributed by atoms with van der Waals surface area (Å²) in [5.74, 6) is 0. The minimum absolute atomic E-state index is 0.135. The molecule has 0 aliphatic carbocycles. The van der Waals surface area contributed by atoms with Crippen LogP contribution >= 0.6 is 23.8 Å². The third-order valence-corrected chi connectivity index (χ3v) is 3.23. The van der Waals surface area contributed by atoms with E-state index in [0.717, 1.165) is 24.4 Å². The van der Waals surface area contributed by atoms with Gasteiger partial charge in [-0.05, 0) is 36.3 Å². The van der Waals surface area contributed by atoms with Crippen molar-refractivity contribution in [3.63, 3.8) is 0 Å². The zero-order valence-electron chi connectivity index (χ0n) is 10.2. The zero-order valence-corrected chi connectivity index (χ0v) is 11.8. The van der Waals surface area contributed by atoms with Crippen LogP contribution in [0.5, 0.6) is 0 Å². The van der Waals surface area contributed by atoms with Gasteiger partial charge in [0.05, 0.1) is 13.2 Å². The second kappa shape index (κ2) is 7.64. The first kappa shape index (κ1) is 14.4. The fraction of sp³-hybridized carbons (Fsp3) is 0.462. The molecule has 4 heteroatoms. The Balaban J connectivity index is 2.51. The van der Waals surface area contributed by atoms with Crippen LogP contribution in [-0.4, -0.2) is 18.2 Å². The summed E-state index contributed by atoms with van der Waals surface area (Å²) < 4.78 is 5.12. The molecule has 1 aromatic carbocycles. The summed E-state index contributed by atoms with van der Waals surface area (Å²) in [5, 5.41) is 4.78. The fourth-order valence-electron chi connectivity index (χ4n) is 1.58. The Bertz CT molecular complexity index is 353. The molecule has 17 heavy (non-hydrogen) atoms. The summed E-state index contributed by atoms with van der Waals surface area (Å²) in [6.07, 6.45) is 2.06. The van der Waals surface area contributed by atoms with Crippen molar-refractivity contribution < 1.29 is 4.74 Å². The van der Waals surface area contributed by atoms with E-state index in [2.05, 4.69) is 12.2 Å². The summed E-state index contributed by atoms with van der Waals surface area (Å²) in [4.78, 5) is 0. The van der Waals surface area contributed by atoms with Crippen LogP contribution in [0, 0.1) is 0 Å². The molecule has 0 spiro atoms. The Morgan fingerprint density at radius 3 is 2.59 bits per heavy atom. The van der Waals surface area contributed by atoms with Crippen LogP contribution in [0.2, 0.25) is 5.02 Å². The molecule has 1 rings (SSSR count). The maximum Gasteiger partial charge on any atom is 0.176 e. The highest BCUT2D eigenvalue weighted by molar-refractivity contribution is 7.80. The third-order valence-electron chi connectivity index (χ3n) is 2.53. The van der Waals surface area contributed by atoms with E-state index in [0.29, 0.717) is 5.05 Å². The van der Waals surface area contributed by atoms with Crippen LogP contribution in [0.15, 0.2) is 24.3 Å². The Kier molecular flexibility index (Phi) is 6.48. The molecular formula is C13H18ClNOS. The molecular weight excluding hydrogens is 254 g/mol. The van der Waals surface area contributed by atoms with Gasteiger partial charge in [0.25, 0.3) is 0 Å². The molecule has 2 nitrogen and oxygen atoms in total. The molecule has 0 aromatic heterocycles. The number of thiocarbonyl (C=S) groups is 1. The van der Waals surface area contributed by atoms with Gasteiger partial charge < -0.3 is 10.1 Å². The lowest BCUT2D eigenvalue weighted by molar-refractivity contribution is 0.374. The van der Waals surface area contributed by atoms with E-state index in [-0.39, 0.29) is 6.04 Å². The molecule has 0 aliphatic heterocycles. The SMILES string of the molecule is CCC[C@@H](NCc1ccc(Cl)cc1)C(=S)OC. The smallest absolute Gasteiger partial charge is 0.176 e. The van der Waals surface area contributed by atoms with Gasteiger partial charge in [0.1, 0.15) is 0 Å². The number of ether oxygens (including phenoxy) is 1. The van der Waals surface area contributed by atoms with E-state index >= 15 is 0 Å². The van der Waals surface area contributed by atoms with Crippen molar-refractivity contribution in [2.75, 3.05) is 7.11 Å². The normalized spacial score (nSPS) is 12.2. The van der Waals surface area contributed by atoms with Crippen molar-refractivity contribution in [2.24, 2.45) is 0 Å². The molecule has 0 bridgehead atoms. The van der Waals surface area contributed by atoms with Gasteiger partial charge in [0.15, 0.2) is 5.05 Å². The van der Waals surface area contributed by atoms with E-state index in [1.54, 1.807) is 7.11 Å². The molecule has 1 aromatic rings. The molecule has 0 unspecified atom stereocenters. The molecule has 0 saturated carbocycles. The average Bonchev–Trinajstić information content (AvgIpc) is 2.35. The molecule has 1 atom stereocenters. The standard InChI is InChI=1S/C13H18ClNOS/c1-3-4-12(13(17)16-2)15-9-10-5-7-11(14)8-6-10/h5-8,12,15H,3-4,9H2,1-2H3/t12-/m1/s1. The molecule has 0 heterocycles. The maximum absolute atomic E-state index is 5.84. The van der Waals surface area contributed by atoms with Crippen molar-refractivity contribution in [3.05, 3.63) is 34.9 Å². The quantitative estimate of drug-likeness (QED) is 0.800. The van der Waals surface area contributed by atoms with Crippen molar-refractivity contribution >= 4 is 28.9 Å². The number of methoxy groups -OCH3 is 1. The number of rotatable bonds is 6. The van der Waals surface area contributed by atoms with Crippen LogP contribution in [0.25, 0.3) is 0 Å². The third kappa shape index (κ3) is 5.02. The highest BCUT2D eigenvalue weighted by Crippen LogP contribution is 2.10. The minimum Gasteiger partial charge on any atom is -0.489 e. The predicted octanol–water partition coefficient (Wildman–Crippen LogP) is 3.57. The van der Waals surface area contributed by atoms with Gasteiger partial charge in [0, 0.05) is 11.6 Å². The van der Waals surface area contributed by atoms with Crippen LogP contribution in [-0.2, 0) is 11.3 Å². The van der Waals surface area contributed by atoms with E-state index in [9.17, 15) is 0 Å². The van der Waals surface area contributed by atoms with Crippen molar-refractivity contribution in [1.82, 2.24) is 5.32 Å². The first-order valence-electron chi connectivity index (χ1n) is 5.73. The van der Waals surface area contributed by atoms with Gasteiger partial charge in [-0.25, -0.2) is 0 Å². The van der Waals surface area contributed by atoms with Crippen molar-refractivity contribution in [1.29, 1.82) is 0 Å². The minimum atomic E-state index is 0.135. The van der Waals surface area contributed by atoms with Crippen LogP contribution in [0.1, 0.15) is 25.3 Å². The van der Waals surface area contributed by atoms with Crippen LogP contribution < -0.4 is 5.32 Å². The number of nitrogens with one attached hydrogen (secondary N) is 1. The van der Waals surface area contributed by atoms with Crippen molar-refractivity contribution in [2.45, 2.75) is 32.4 Å². The topological polar surface area (TPSA) is 21.3 Å². The first-order valence-corrected chi connectivity index (χ1v) is 6.51. The molecule has 0 aliphatic rings. The second-order valence-corrected chi connectivity index (χ2v) is 4.71. The Hall–Kier alpha value is -0.640. The monoisotopic (exact) mass is 271 g/mol. The van der Waals surface area contributed by atoms with Gasteiger partial charge in [-0.3, -0.25) is 0 Å². The lowest BCUT2D eigenvalue weighted by atomic mass is 10.1. The zero-order chi connectivity index (χ0) is 12.7. The Morgan fingerprint density at radius 1 is 1.41 bits per heavy atom. The summed E-state index contributed by atoms with van der Waals surface area (Å²) >= 11 is 11.0. The van der Waals surface area contributed by atoms with Crippen LogP contribution in [0.3, 0.4) is 0 Å². The van der Waals surface area contributed by atoms with E-state index in [1.807, 2.05) is 24.3 Å². The molecule has 1 N–H and O–H groups in total. The summed E-state index contributed by atoms with van der Waals surface area (Å²) in [6.45, 7) is 2.90. The summed E-state index contributed by atoms with van der Waals surface area (Å²) in [7, 11) is 1.62. The predicted molar refractivity (Wildman–Crippen MR) is 76.6 cm³/mol. The summed E-state index contributed by atoms with van der Waals surface area (Å²) in [5.41, 5.74) is 1.19. The lowest BCUT2D eigenvalue weighted by Crippen LogP contribution is -2.36. The number of hydrogen-bond acceptors (Lipinski definition) is 3. The number of benzene rings is 1.